The van der Waals surface area contributed by atoms with Crippen molar-refractivity contribution in [2.75, 3.05) is 50.8 Å². The van der Waals surface area contributed by atoms with Gasteiger partial charge in [-0.25, -0.2) is 14.4 Å². The lowest BCUT2D eigenvalue weighted by Crippen LogP contribution is -2.59. The van der Waals surface area contributed by atoms with E-state index in [0.29, 0.717) is 51.4 Å². The summed E-state index contributed by atoms with van der Waals surface area (Å²) in [6.45, 7) is 3.86. The number of rotatable bonds is 6. The molecular formula is C26H32FN7O3. The second-order valence-electron chi connectivity index (χ2n) is 9.68. The molecule has 0 bridgehead atoms. The highest BCUT2D eigenvalue weighted by Crippen LogP contribution is 2.34. The van der Waals surface area contributed by atoms with Crippen molar-refractivity contribution in [1.82, 2.24) is 29.5 Å². The predicted molar refractivity (Wildman–Crippen MR) is 135 cm³/mol. The molecule has 2 aliphatic heterocycles. The molecule has 0 saturated carbocycles. The second-order valence-corrected chi connectivity index (χ2v) is 9.68. The van der Waals surface area contributed by atoms with E-state index in [1.807, 2.05) is 18.1 Å². The standard InChI is InChI=1S/C26H32FN7O3/c1-18(37)33-8-7-22-23(15-33)29-24(19-13-28-31(2)14-19)25(30-22)32-9-11-34(12-10-32)26(16-35,17-36)20-5-3-4-6-21(20)27/h3-6,13-14,35-36H,7-12,15-17H2,1-2H3. The van der Waals surface area contributed by atoms with Crippen molar-refractivity contribution in [3.8, 4) is 11.3 Å². The van der Waals surface area contributed by atoms with E-state index in [1.54, 1.807) is 40.9 Å². The summed E-state index contributed by atoms with van der Waals surface area (Å²) in [5.74, 6) is 0.306. The maximum atomic E-state index is 14.7. The summed E-state index contributed by atoms with van der Waals surface area (Å²) < 4.78 is 16.4. The number of hydrogen-bond acceptors (Lipinski definition) is 8. The van der Waals surface area contributed by atoms with Crippen LogP contribution in [0.25, 0.3) is 11.3 Å². The average Bonchev–Trinajstić information content (AvgIpc) is 3.36. The van der Waals surface area contributed by atoms with E-state index in [0.717, 1.165) is 22.8 Å². The maximum Gasteiger partial charge on any atom is 0.219 e. The third-order valence-electron chi connectivity index (χ3n) is 7.50. The Kier molecular flexibility index (Phi) is 6.93. The molecule has 0 aliphatic carbocycles. The average molecular weight is 510 g/mol. The molecule has 0 unspecified atom stereocenters. The van der Waals surface area contributed by atoms with Crippen molar-refractivity contribution >= 4 is 11.7 Å². The Bertz CT molecular complexity index is 1280. The number of amides is 1. The molecule has 1 aromatic carbocycles. The van der Waals surface area contributed by atoms with Gasteiger partial charge in [-0.1, -0.05) is 18.2 Å². The highest BCUT2D eigenvalue weighted by atomic mass is 19.1. The van der Waals surface area contributed by atoms with Crippen LogP contribution in [-0.4, -0.2) is 91.6 Å². The molecule has 1 saturated heterocycles. The van der Waals surface area contributed by atoms with Gasteiger partial charge in [0.15, 0.2) is 5.82 Å². The first-order valence-corrected chi connectivity index (χ1v) is 12.5. The third kappa shape index (κ3) is 4.58. The second kappa shape index (κ2) is 10.2. The SMILES string of the molecule is CC(=O)N1CCc2nc(N3CCN(C(CO)(CO)c4ccccc4F)CC3)c(-c3cnn(C)c3)nc2C1. The fourth-order valence-corrected chi connectivity index (χ4v) is 5.32. The molecule has 4 heterocycles. The fourth-order valence-electron chi connectivity index (χ4n) is 5.32. The van der Waals surface area contributed by atoms with E-state index < -0.39 is 24.6 Å². The minimum atomic E-state index is -1.22. The molecule has 2 aliphatic rings. The number of carbonyl (C=O) groups is 1. The van der Waals surface area contributed by atoms with Crippen LogP contribution in [0.15, 0.2) is 36.7 Å². The number of nitrogens with zero attached hydrogens (tertiary/aromatic N) is 7. The molecule has 1 amide bonds. The van der Waals surface area contributed by atoms with E-state index >= 15 is 0 Å². The number of aromatic nitrogens is 4. The molecule has 1 fully saturated rings. The predicted octanol–water partition coefficient (Wildman–Crippen LogP) is 0.923. The zero-order chi connectivity index (χ0) is 26.2. The fraction of sp³-hybridized carbons (Fsp3) is 0.462. The van der Waals surface area contributed by atoms with Crippen LogP contribution in [0.4, 0.5) is 10.2 Å². The van der Waals surface area contributed by atoms with E-state index in [9.17, 15) is 19.4 Å². The van der Waals surface area contributed by atoms with Crippen LogP contribution in [0.5, 0.6) is 0 Å². The van der Waals surface area contributed by atoms with Crippen LogP contribution >= 0.6 is 0 Å². The summed E-state index contributed by atoms with van der Waals surface area (Å²) in [6, 6.07) is 6.28. The molecule has 0 spiro atoms. The number of carbonyl (C=O) groups excluding carboxylic acids is 1. The van der Waals surface area contributed by atoms with Crippen LogP contribution in [-0.2, 0) is 30.3 Å². The smallest absolute Gasteiger partial charge is 0.219 e. The van der Waals surface area contributed by atoms with Gasteiger partial charge in [0.2, 0.25) is 5.91 Å². The monoisotopic (exact) mass is 509 g/mol. The summed E-state index contributed by atoms with van der Waals surface area (Å²) in [4.78, 5) is 27.8. The van der Waals surface area contributed by atoms with E-state index in [4.69, 9.17) is 9.97 Å². The topological polar surface area (TPSA) is 111 Å². The van der Waals surface area contributed by atoms with Gasteiger partial charge in [0.1, 0.15) is 11.5 Å². The highest BCUT2D eigenvalue weighted by Gasteiger charge is 2.41. The molecular weight excluding hydrogens is 477 g/mol. The van der Waals surface area contributed by atoms with Crippen LogP contribution < -0.4 is 4.90 Å². The minimum absolute atomic E-state index is 0.0154. The Labute approximate surface area is 215 Å². The van der Waals surface area contributed by atoms with Crippen molar-refractivity contribution in [1.29, 1.82) is 0 Å². The number of aliphatic hydroxyl groups excluding tert-OH is 2. The lowest BCUT2D eigenvalue weighted by Gasteiger charge is -2.46. The largest absolute Gasteiger partial charge is 0.394 e. The van der Waals surface area contributed by atoms with Gasteiger partial charge in [-0.05, 0) is 6.07 Å². The van der Waals surface area contributed by atoms with Crippen LogP contribution in [0.2, 0.25) is 0 Å². The number of aryl methyl sites for hydroxylation is 1. The number of fused-ring (bicyclic) bond motifs is 1. The third-order valence-corrected chi connectivity index (χ3v) is 7.50. The molecule has 37 heavy (non-hydrogen) atoms. The Morgan fingerprint density at radius 2 is 1.78 bits per heavy atom. The van der Waals surface area contributed by atoms with Crippen molar-refractivity contribution in [3.05, 3.63) is 59.4 Å². The highest BCUT2D eigenvalue weighted by molar-refractivity contribution is 5.74. The first-order chi connectivity index (χ1) is 17.9. The summed E-state index contributed by atoms with van der Waals surface area (Å²) in [5, 5.41) is 25.0. The maximum absolute atomic E-state index is 14.7. The zero-order valence-electron chi connectivity index (χ0n) is 21.1. The molecule has 5 rings (SSSR count). The summed E-state index contributed by atoms with van der Waals surface area (Å²) >= 11 is 0. The van der Waals surface area contributed by atoms with Crippen molar-refractivity contribution < 1.29 is 19.4 Å². The number of piperazine rings is 1. The minimum Gasteiger partial charge on any atom is -0.394 e. The number of hydrogen-bond donors (Lipinski definition) is 2. The van der Waals surface area contributed by atoms with Crippen LogP contribution in [0.3, 0.4) is 0 Å². The van der Waals surface area contributed by atoms with Gasteiger partial charge in [-0.2, -0.15) is 5.10 Å². The van der Waals surface area contributed by atoms with Gasteiger partial charge in [-0.15, -0.1) is 0 Å². The van der Waals surface area contributed by atoms with E-state index in [-0.39, 0.29) is 11.5 Å². The van der Waals surface area contributed by atoms with Gasteiger partial charge in [0.25, 0.3) is 0 Å². The van der Waals surface area contributed by atoms with Gasteiger partial charge < -0.3 is 20.0 Å². The Balaban J connectivity index is 1.45. The van der Waals surface area contributed by atoms with Crippen molar-refractivity contribution in [3.63, 3.8) is 0 Å². The number of aliphatic hydroxyl groups is 2. The normalized spacial score (nSPS) is 16.7. The van der Waals surface area contributed by atoms with Crippen LogP contribution in [0.1, 0.15) is 23.9 Å². The lowest BCUT2D eigenvalue weighted by molar-refractivity contribution is -0.129. The zero-order valence-corrected chi connectivity index (χ0v) is 21.1. The van der Waals surface area contributed by atoms with Crippen molar-refractivity contribution in [2.45, 2.75) is 25.4 Å². The Hall–Kier alpha value is -3.41. The summed E-state index contributed by atoms with van der Waals surface area (Å²) in [7, 11) is 1.84. The van der Waals surface area contributed by atoms with Gasteiger partial charge >= 0.3 is 0 Å². The van der Waals surface area contributed by atoms with E-state index in [2.05, 4.69) is 10.00 Å². The molecule has 0 atom stereocenters. The Morgan fingerprint density at radius 3 is 2.41 bits per heavy atom. The molecule has 2 N–H and O–H groups in total. The van der Waals surface area contributed by atoms with Gasteiger partial charge in [-0.3, -0.25) is 14.4 Å². The number of anilines is 1. The quantitative estimate of drug-likeness (QED) is 0.505. The molecule has 196 valence electrons. The van der Waals surface area contributed by atoms with Gasteiger partial charge in [0, 0.05) is 70.4 Å². The molecule has 3 aromatic rings. The first kappa shape index (κ1) is 25.2. The number of halogens is 1. The Morgan fingerprint density at radius 1 is 1.05 bits per heavy atom. The molecule has 2 aromatic heterocycles. The lowest BCUT2D eigenvalue weighted by atomic mass is 9.88. The molecule has 0 radical (unpaired) electrons. The number of benzene rings is 1. The molecule has 10 nitrogen and oxygen atoms in total. The van der Waals surface area contributed by atoms with E-state index in [1.165, 1.54) is 6.07 Å². The molecule has 11 heteroatoms. The van der Waals surface area contributed by atoms with Crippen molar-refractivity contribution in [2.24, 2.45) is 7.05 Å². The van der Waals surface area contributed by atoms with Gasteiger partial charge in [0.05, 0.1) is 42.9 Å². The summed E-state index contributed by atoms with van der Waals surface area (Å²) in [6.07, 6.45) is 4.28. The van der Waals surface area contributed by atoms with Crippen LogP contribution in [0, 0.1) is 5.82 Å². The first-order valence-electron chi connectivity index (χ1n) is 12.5. The summed E-state index contributed by atoms with van der Waals surface area (Å²) in [5.41, 5.74) is 2.28.